The van der Waals surface area contributed by atoms with E-state index in [1.165, 1.54) is 0 Å². The average molecular weight is 261 g/mol. The van der Waals surface area contributed by atoms with E-state index in [1.54, 1.807) is 6.07 Å². The number of aromatic nitrogens is 1. The topological polar surface area (TPSA) is 56.2 Å². The molecule has 4 heteroatoms. The van der Waals surface area contributed by atoms with Gasteiger partial charge in [-0.2, -0.15) is 0 Å². The number of para-hydroxylation sites is 1. The maximum absolute atomic E-state index is 9.60. The third kappa shape index (κ3) is 1.49. The lowest BCUT2D eigenvalue weighted by molar-refractivity contribution is 0.426. The van der Waals surface area contributed by atoms with Crippen LogP contribution in [0.4, 0.5) is 0 Å². The predicted molar refractivity (Wildman–Crippen MR) is 83.1 cm³/mol. The molecule has 1 aromatic heterocycles. The molecule has 0 amide bonds. The van der Waals surface area contributed by atoms with E-state index >= 15 is 0 Å². The van der Waals surface area contributed by atoms with Gasteiger partial charge < -0.3 is 15.0 Å². The zero-order chi connectivity index (χ0) is 13.7. The fraction of sp³-hybridized carbons (Fsp3) is 0. The maximum atomic E-state index is 9.60. The normalized spacial score (nSPS) is 11.5. The van der Waals surface area contributed by atoms with Crippen molar-refractivity contribution in [3.63, 3.8) is 0 Å². The minimum atomic E-state index is -1.48. The summed E-state index contributed by atoms with van der Waals surface area (Å²) >= 11 is 0. The molecule has 96 valence electrons. The molecule has 0 saturated heterocycles. The molecule has 0 aliphatic carbocycles. The number of aromatic amines is 1. The van der Waals surface area contributed by atoms with Gasteiger partial charge >= 0.3 is 7.12 Å². The van der Waals surface area contributed by atoms with Crippen LogP contribution in [-0.2, 0) is 0 Å². The molecule has 0 aliphatic rings. The Morgan fingerprint density at radius 1 is 0.800 bits per heavy atom. The molecule has 3 N–H and O–H groups in total. The second-order valence-electron chi connectivity index (χ2n) is 4.98. The predicted octanol–water partition coefficient (Wildman–Crippen LogP) is 2.15. The molecular weight excluding hydrogens is 249 g/mol. The number of hydrogen-bond acceptors (Lipinski definition) is 2. The molecule has 0 bridgehead atoms. The van der Waals surface area contributed by atoms with E-state index in [9.17, 15) is 10.0 Å². The van der Waals surface area contributed by atoms with Crippen molar-refractivity contribution < 1.29 is 10.0 Å². The van der Waals surface area contributed by atoms with Crippen LogP contribution in [-0.4, -0.2) is 22.2 Å². The van der Waals surface area contributed by atoms with Gasteiger partial charge in [-0.25, -0.2) is 0 Å². The van der Waals surface area contributed by atoms with Gasteiger partial charge in [-0.3, -0.25) is 0 Å². The van der Waals surface area contributed by atoms with Crippen LogP contribution in [0.15, 0.2) is 54.6 Å². The number of hydrogen-bond donors (Lipinski definition) is 3. The molecule has 0 radical (unpaired) electrons. The summed E-state index contributed by atoms with van der Waals surface area (Å²) in [5.41, 5.74) is 2.53. The van der Waals surface area contributed by atoms with Crippen LogP contribution in [0.2, 0.25) is 0 Å². The fourth-order valence-corrected chi connectivity index (χ4v) is 2.94. The van der Waals surface area contributed by atoms with Gasteiger partial charge in [0.15, 0.2) is 0 Å². The van der Waals surface area contributed by atoms with Gasteiger partial charge in [0.05, 0.1) is 5.52 Å². The van der Waals surface area contributed by atoms with Crippen molar-refractivity contribution in [2.24, 2.45) is 0 Å². The minimum absolute atomic E-state index is 0.527. The van der Waals surface area contributed by atoms with Crippen LogP contribution in [0.25, 0.3) is 32.6 Å². The van der Waals surface area contributed by atoms with E-state index in [4.69, 9.17) is 0 Å². The quantitative estimate of drug-likeness (QED) is 0.460. The molecule has 0 spiro atoms. The number of fused-ring (bicyclic) bond motifs is 5. The minimum Gasteiger partial charge on any atom is -0.423 e. The highest BCUT2D eigenvalue weighted by Gasteiger charge is 2.17. The SMILES string of the molecule is OB(O)c1cccc2ccc3c4ccccc4[nH]c3c12. The first kappa shape index (κ1) is 11.5. The molecule has 1 heterocycles. The van der Waals surface area contributed by atoms with Crippen LogP contribution in [0.5, 0.6) is 0 Å². The van der Waals surface area contributed by atoms with E-state index in [-0.39, 0.29) is 0 Å². The van der Waals surface area contributed by atoms with Gasteiger partial charge in [0.1, 0.15) is 0 Å². The molecular formula is C16H12BNO2. The Morgan fingerprint density at radius 2 is 1.65 bits per heavy atom. The number of rotatable bonds is 1. The van der Waals surface area contributed by atoms with Crippen LogP contribution in [0.1, 0.15) is 0 Å². The highest BCUT2D eigenvalue weighted by Crippen LogP contribution is 2.30. The van der Waals surface area contributed by atoms with Crippen molar-refractivity contribution in [1.82, 2.24) is 4.98 Å². The van der Waals surface area contributed by atoms with Crippen molar-refractivity contribution in [2.75, 3.05) is 0 Å². The largest absolute Gasteiger partial charge is 0.489 e. The molecule has 0 fully saturated rings. The Morgan fingerprint density at radius 3 is 2.50 bits per heavy atom. The molecule has 0 saturated carbocycles. The Kier molecular flexibility index (Phi) is 2.36. The lowest BCUT2D eigenvalue weighted by Crippen LogP contribution is -2.30. The average Bonchev–Trinajstić information content (AvgIpc) is 2.85. The highest BCUT2D eigenvalue weighted by atomic mass is 16.4. The molecule has 4 rings (SSSR count). The van der Waals surface area contributed by atoms with Gasteiger partial charge in [0.25, 0.3) is 0 Å². The summed E-state index contributed by atoms with van der Waals surface area (Å²) in [6, 6.07) is 17.7. The Bertz CT molecular complexity index is 943. The second kappa shape index (κ2) is 4.10. The summed E-state index contributed by atoms with van der Waals surface area (Å²) in [7, 11) is -1.48. The third-order valence-electron chi connectivity index (χ3n) is 3.83. The summed E-state index contributed by atoms with van der Waals surface area (Å²) in [6.07, 6.45) is 0. The van der Waals surface area contributed by atoms with Gasteiger partial charge in [0, 0.05) is 21.7 Å². The summed E-state index contributed by atoms with van der Waals surface area (Å²) in [6.45, 7) is 0. The summed E-state index contributed by atoms with van der Waals surface area (Å²) in [4.78, 5) is 3.39. The fourth-order valence-electron chi connectivity index (χ4n) is 2.94. The first-order valence-corrected chi connectivity index (χ1v) is 6.54. The molecule has 3 nitrogen and oxygen atoms in total. The molecule has 4 aromatic rings. The maximum Gasteiger partial charge on any atom is 0.489 e. The third-order valence-corrected chi connectivity index (χ3v) is 3.83. The van der Waals surface area contributed by atoms with E-state index in [0.717, 1.165) is 32.6 Å². The molecule has 0 aliphatic heterocycles. The van der Waals surface area contributed by atoms with Crippen LogP contribution in [0, 0.1) is 0 Å². The Balaban J connectivity index is 2.28. The molecule has 20 heavy (non-hydrogen) atoms. The van der Waals surface area contributed by atoms with Gasteiger partial charge in [-0.1, -0.05) is 48.5 Å². The summed E-state index contributed by atoms with van der Waals surface area (Å²) < 4.78 is 0. The molecule has 0 atom stereocenters. The lowest BCUT2D eigenvalue weighted by Gasteiger charge is -2.06. The van der Waals surface area contributed by atoms with E-state index in [1.807, 2.05) is 36.4 Å². The van der Waals surface area contributed by atoms with Crippen LogP contribution < -0.4 is 5.46 Å². The number of benzene rings is 3. The van der Waals surface area contributed by atoms with Crippen molar-refractivity contribution in [3.05, 3.63) is 54.6 Å². The second-order valence-corrected chi connectivity index (χ2v) is 4.98. The zero-order valence-corrected chi connectivity index (χ0v) is 10.7. The zero-order valence-electron chi connectivity index (χ0n) is 10.7. The first-order chi connectivity index (χ1) is 9.75. The van der Waals surface area contributed by atoms with Crippen LogP contribution >= 0.6 is 0 Å². The standard InChI is InChI=1S/C16H12BNO2/c19-17(20)13-6-3-4-10-8-9-12-11-5-1-2-7-14(11)18-16(12)15(10)13/h1-9,18-20H. The van der Waals surface area contributed by atoms with E-state index in [2.05, 4.69) is 17.1 Å². The van der Waals surface area contributed by atoms with Crippen LogP contribution in [0.3, 0.4) is 0 Å². The van der Waals surface area contributed by atoms with Crippen molar-refractivity contribution in [3.8, 4) is 0 Å². The van der Waals surface area contributed by atoms with E-state index in [0.29, 0.717) is 5.46 Å². The highest BCUT2D eigenvalue weighted by molar-refractivity contribution is 6.63. The van der Waals surface area contributed by atoms with Crippen molar-refractivity contribution in [2.45, 2.75) is 0 Å². The van der Waals surface area contributed by atoms with Crippen molar-refractivity contribution in [1.29, 1.82) is 0 Å². The molecule has 0 unspecified atom stereocenters. The van der Waals surface area contributed by atoms with Gasteiger partial charge in [-0.05, 0) is 16.9 Å². The summed E-state index contributed by atoms with van der Waals surface area (Å²) in [5.74, 6) is 0. The molecule has 3 aromatic carbocycles. The smallest absolute Gasteiger partial charge is 0.423 e. The Labute approximate surface area is 115 Å². The van der Waals surface area contributed by atoms with Crippen molar-refractivity contribution >= 4 is 45.2 Å². The Hall–Kier alpha value is -2.30. The number of nitrogens with one attached hydrogen (secondary N) is 1. The number of H-pyrrole nitrogens is 1. The monoisotopic (exact) mass is 261 g/mol. The van der Waals surface area contributed by atoms with Gasteiger partial charge in [0.2, 0.25) is 0 Å². The first-order valence-electron chi connectivity index (χ1n) is 6.54. The van der Waals surface area contributed by atoms with Gasteiger partial charge in [-0.15, -0.1) is 0 Å². The lowest BCUT2D eigenvalue weighted by atomic mass is 9.77. The summed E-state index contributed by atoms with van der Waals surface area (Å²) in [5, 5.41) is 23.3. The van der Waals surface area contributed by atoms with E-state index < -0.39 is 7.12 Å².